The van der Waals surface area contributed by atoms with Gasteiger partial charge in [-0.2, -0.15) is 0 Å². The van der Waals surface area contributed by atoms with Crippen molar-refractivity contribution in [3.63, 3.8) is 0 Å². The van der Waals surface area contributed by atoms with Gasteiger partial charge in [0.15, 0.2) is 0 Å². The van der Waals surface area contributed by atoms with Gasteiger partial charge in [-0.1, -0.05) is 19.3 Å². The summed E-state index contributed by atoms with van der Waals surface area (Å²) in [5.74, 6) is 0.301. The summed E-state index contributed by atoms with van der Waals surface area (Å²) in [4.78, 5) is 15.9. The molecule has 0 unspecified atom stereocenters. The van der Waals surface area contributed by atoms with Gasteiger partial charge in [-0.05, 0) is 31.9 Å². The van der Waals surface area contributed by atoms with Crippen LogP contribution in [0, 0.1) is 0 Å². The van der Waals surface area contributed by atoms with E-state index in [1.807, 2.05) is 19.1 Å². The Labute approximate surface area is 102 Å². The maximum Gasteiger partial charge on any atom is 0.339 e. The quantitative estimate of drug-likeness (QED) is 0.752. The summed E-state index contributed by atoms with van der Waals surface area (Å²) in [5, 5.41) is 0. The van der Waals surface area contributed by atoms with Crippen LogP contribution in [0.1, 0.15) is 61.0 Å². The molecule has 0 spiro atoms. The molecular formula is C14H19NO2. The standard InChI is InChI=1S/C14H19NO2/c1-2-17-14(16)12-8-9-13(15-10-12)11-6-4-3-5-7-11/h8-11H,2-7H2,1H3. The van der Waals surface area contributed by atoms with Crippen molar-refractivity contribution in [2.45, 2.75) is 44.9 Å². The molecule has 1 aromatic rings. The number of hydrogen-bond donors (Lipinski definition) is 0. The largest absolute Gasteiger partial charge is 0.462 e. The Bertz CT molecular complexity index is 366. The van der Waals surface area contributed by atoms with E-state index in [2.05, 4.69) is 4.98 Å². The molecule has 3 heteroatoms. The topological polar surface area (TPSA) is 39.2 Å². The average Bonchev–Trinajstić information content (AvgIpc) is 2.40. The second-order valence-electron chi connectivity index (χ2n) is 4.53. The van der Waals surface area contributed by atoms with Crippen molar-refractivity contribution in [3.05, 3.63) is 29.6 Å². The number of carbonyl (C=O) groups is 1. The van der Waals surface area contributed by atoms with Crippen LogP contribution < -0.4 is 0 Å². The van der Waals surface area contributed by atoms with Crippen molar-refractivity contribution in [1.82, 2.24) is 4.98 Å². The van der Waals surface area contributed by atoms with E-state index < -0.39 is 0 Å². The third-order valence-electron chi connectivity index (χ3n) is 3.32. The molecule has 17 heavy (non-hydrogen) atoms. The summed E-state index contributed by atoms with van der Waals surface area (Å²) in [5.41, 5.74) is 1.67. The molecule has 0 aromatic carbocycles. The Kier molecular flexibility index (Phi) is 4.13. The van der Waals surface area contributed by atoms with E-state index in [9.17, 15) is 4.79 Å². The molecule has 0 N–H and O–H groups in total. The van der Waals surface area contributed by atoms with E-state index >= 15 is 0 Å². The van der Waals surface area contributed by atoms with E-state index in [1.54, 1.807) is 6.20 Å². The number of hydrogen-bond acceptors (Lipinski definition) is 3. The van der Waals surface area contributed by atoms with Crippen molar-refractivity contribution in [1.29, 1.82) is 0 Å². The van der Waals surface area contributed by atoms with E-state index in [4.69, 9.17) is 4.74 Å². The van der Waals surface area contributed by atoms with Crippen molar-refractivity contribution in [2.75, 3.05) is 6.61 Å². The molecule has 1 saturated carbocycles. The predicted octanol–water partition coefficient (Wildman–Crippen LogP) is 3.31. The number of rotatable bonds is 3. The minimum absolute atomic E-state index is 0.282. The van der Waals surface area contributed by atoms with Crippen molar-refractivity contribution < 1.29 is 9.53 Å². The van der Waals surface area contributed by atoms with Crippen LogP contribution in [-0.4, -0.2) is 17.6 Å². The first-order chi connectivity index (χ1) is 8.31. The van der Waals surface area contributed by atoms with Crippen molar-refractivity contribution in [2.24, 2.45) is 0 Å². The van der Waals surface area contributed by atoms with Crippen molar-refractivity contribution in [3.8, 4) is 0 Å². The van der Waals surface area contributed by atoms with Gasteiger partial charge in [-0.25, -0.2) is 4.79 Å². The molecule has 0 saturated heterocycles. The van der Waals surface area contributed by atoms with Gasteiger partial charge in [-0.3, -0.25) is 4.98 Å². The molecule has 0 radical (unpaired) electrons. The zero-order valence-electron chi connectivity index (χ0n) is 10.3. The highest BCUT2D eigenvalue weighted by molar-refractivity contribution is 5.88. The fraction of sp³-hybridized carbons (Fsp3) is 0.571. The van der Waals surface area contributed by atoms with Gasteiger partial charge >= 0.3 is 5.97 Å². The van der Waals surface area contributed by atoms with Gasteiger partial charge < -0.3 is 4.74 Å². The van der Waals surface area contributed by atoms with Gasteiger partial charge in [0.2, 0.25) is 0 Å². The molecule has 3 nitrogen and oxygen atoms in total. The Morgan fingerprint density at radius 2 is 2.12 bits per heavy atom. The fourth-order valence-electron chi connectivity index (χ4n) is 2.38. The Balaban J connectivity index is 2.04. The number of nitrogens with zero attached hydrogens (tertiary/aromatic N) is 1. The molecule has 0 amide bonds. The molecule has 92 valence electrons. The third-order valence-corrected chi connectivity index (χ3v) is 3.32. The Morgan fingerprint density at radius 3 is 2.71 bits per heavy atom. The third kappa shape index (κ3) is 3.05. The molecule has 0 aliphatic heterocycles. The lowest BCUT2D eigenvalue weighted by Gasteiger charge is -2.20. The van der Waals surface area contributed by atoms with Crippen LogP contribution in [-0.2, 0) is 4.74 Å². The molecule has 1 aliphatic carbocycles. The molecule has 1 aliphatic rings. The van der Waals surface area contributed by atoms with Crippen LogP contribution in [0.5, 0.6) is 0 Å². The van der Waals surface area contributed by atoms with Crippen LogP contribution in [0.4, 0.5) is 0 Å². The lowest BCUT2D eigenvalue weighted by Crippen LogP contribution is -2.09. The minimum Gasteiger partial charge on any atom is -0.462 e. The summed E-state index contributed by atoms with van der Waals surface area (Å²) >= 11 is 0. The predicted molar refractivity (Wildman–Crippen MR) is 66.0 cm³/mol. The zero-order valence-corrected chi connectivity index (χ0v) is 10.3. The minimum atomic E-state index is -0.282. The monoisotopic (exact) mass is 233 g/mol. The number of ether oxygens (including phenoxy) is 1. The summed E-state index contributed by atoms with van der Waals surface area (Å²) < 4.78 is 4.93. The molecule has 1 fully saturated rings. The molecule has 2 rings (SSSR count). The van der Waals surface area contributed by atoms with E-state index in [-0.39, 0.29) is 5.97 Å². The Morgan fingerprint density at radius 1 is 1.35 bits per heavy atom. The SMILES string of the molecule is CCOC(=O)c1ccc(C2CCCCC2)nc1. The maximum absolute atomic E-state index is 11.5. The summed E-state index contributed by atoms with van der Waals surface area (Å²) in [6.07, 6.45) is 8.04. The smallest absolute Gasteiger partial charge is 0.339 e. The highest BCUT2D eigenvalue weighted by Gasteiger charge is 2.17. The Hall–Kier alpha value is -1.38. The lowest BCUT2D eigenvalue weighted by atomic mass is 9.86. The number of esters is 1. The normalized spacial score (nSPS) is 16.8. The second-order valence-corrected chi connectivity index (χ2v) is 4.53. The van der Waals surface area contributed by atoms with Crippen LogP contribution in [0.3, 0.4) is 0 Å². The number of pyridine rings is 1. The van der Waals surface area contributed by atoms with Gasteiger partial charge in [0.1, 0.15) is 0 Å². The number of carbonyl (C=O) groups excluding carboxylic acids is 1. The summed E-state index contributed by atoms with van der Waals surface area (Å²) in [6.45, 7) is 2.21. The molecule has 1 aromatic heterocycles. The van der Waals surface area contributed by atoms with Crippen LogP contribution in [0.2, 0.25) is 0 Å². The first-order valence-corrected chi connectivity index (χ1v) is 6.44. The highest BCUT2D eigenvalue weighted by atomic mass is 16.5. The van der Waals surface area contributed by atoms with Gasteiger partial charge in [-0.15, -0.1) is 0 Å². The molecule has 0 atom stereocenters. The number of aromatic nitrogens is 1. The van der Waals surface area contributed by atoms with Crippen LogP contribution >= 0.6 is 0 Å². The molecule has 1 heterocycles. The molecular weight excluding hydrogens is 214 g/mol. The molecule has 0 bridgehead atoms. The van der Waals surface area contributed by atoms with Crippen molar-refractivity contribution >= 4 is 5.97 Å². The fourth-order valence-corrected chi connectivity index (χ4v) is 2.38. The van der Waals surface area contributed by atoms with E-state index in [0.717, 1.165) is 5.69 Å². The zero-order chi connectivity index (χ0) is 12.1. The van der Waals surface area contributed by atoms with Crippen LogP contribution in [0.15, 0.2) is 18.3 Å². The van der Waals surface area contributed by atoms with E-state index in [0.29, 0.717) is 18.1 Å². The first kappa shape index (κ1) is 12.1. The first-order valence-electron chi connectivity index (χ1n) is 6.44. The van der Waals surface area contributed by atoms with Gasteiger partial charge in [0.25, 0.3) is 0 Å². The average molecular weight is 233 g/mol. The second kappa shape index (κ2) is 5.80. The summed E-state index contributed by atoms with van der Waals surface area (Å²) in [6, 6.07) is 3.80. The summed E-state index contributed by atoms with van der Waals surface area (Å²) in [7, 11) is 0. The van der Waals surface area contributed by atoms with Gasteiger partial charge in [0, 0.05) is 17.8 Å². The maximum atomic E-state index is 11.5. The highest BCUT2D eigenvalue weighted by Crippen LogP contribution is 2.31. The lowest BCUT2D eigenvalue weighted by molar-refractivity contribution is 0.0526. The van der Waals surface area contributed by atoms with E-state index in [1.165, 1.54) is 32.1 Å². The van der Waals surface area contributed by atoms with Gasteiger partial charge in [0.05, 0.1) is 12.2 Å². The van der Waals surface area contributed by atoms with Crippen LogP contribution in [0.25, 0.3) is 0 Å².